The zero-order chi connectivity index (χ0) is 23.4. The van der Waals surface area contributed by atoms with E-state index in [0.717, 1.165) is 0 Å². The standard InChI is InChI=1S/C22H23F2N5O4/c1-31-20-17(24)8-16(23)18(28-20)13-33-22(2-4-26-5-3-22)21(30)29-6-7-32-19-14(9-25)10-27-11-15(19)12-29/h8,10-11,26H,2-7,12-13H2,1H3. The first-order valence-electron chi connectivity index (χ1n) is 10.5. The van der Waals surface area contributed by atoms with E-state index in [1.165, 1.54) is 13.3 Å². The number of methoxy groups -OCH3 is 1. The predicted octanol–water partition coefficient (Wildman–Crippen LogP) is 1.70. The number of amides is 1. The highest BCUT2D eigenvalue weighted by molar-refractivity contribution is 5.85. The maximum Gasteiger partial charge on any atom is 0.255 e. The van der Waals surface area contributed by atoms with Gasteiger partial charge in [-0.1, -0.05) is 0 Å². The van der Waals surface area contributed by atoms with Crippen LogP contribution in [0.5, 0.6) is 11.6 Å². The molecular formula is C22H23F2N5O4. The van der Waals surface area contributed by atoms with E-state index in [4.69, 9.17) is 14.2 Å². The summed E-state index contributed by atoms with van der Waals surface area (Å²) in [7, 11) is 1.23. The Bertz CT molecular complexity index is 1090. The predicted molar refractivity (Wildman–Crippen MR) is 110 cm³/mol. The Morgan fingerprint density at radius 1 is 1.33 bits per heavy atom. The van der Waals surface area contributed by atoms with E-state index in [1.807, 2.05) is 0 Å². The topological polar surface area (TPSA) is 110 Å². The summed E-state index contributed by atoms with van der Waals surface area (Å²) in [5.74, 6) is -1.98. The summed E-state index contributed by atoms with van der Waals surface area (Å²) in [4.78, 5) is 23.2. The second kappa shape index (κ2) is 9.64. The van der Waals surface area contributed by atoms with Crippen LogP contribution in [0.25, 0.3) is 0 Å². The SMILES string of the molecule is COc1nc(COC2(C(=O)N3CCOc4c(C#N)cncc4C3)CCNCC2)c(F)cc1F. The Balaban J connectivity index is 1.58. The van der Waals surface area contributed by atoms with Crippen molar-refractivity contribution in [2.75, 3.05) is 33.4 Å². The molecule has 0 aliphatic carbocycles. The molecule has 0 atom stereocenters. The van der Waals surface area contributed by atoms with Gasteiger partial charge in [-0.2, -0.15) is 5.26 Å². The Labute approximate surface area is 189 Å². The number of nitrogens with one attached hydrogen (secondary N) is 1. The lowest BCUT2D eigenvalue weighted by atomic mass is 9.90. The van der Waals surface area contributed by atoms with Gasteiger partial charge in [0.1, 0.15) is 41.1 Å². The molecule has 174 valence electrons. The minimum absolute atomic E-state index is 0.147. The average molecular weight is 459 g/mol. The molecule has 11 heteroatoms. The first-order chi connectivity index (χ1) is 16.0. The molecule has 0 saturated carbocycles. The van der Waals surface area contributed by atoms with Crippen LogP contribution in [0.15, 0.2) is 18.5 Å². The number of carbonyl (C=O) groups is 1. The van der Waals surface area contributed by atoms with Crippen molar-refractivity contribution in [2.45, 2.75) is 31.6 Å². The summed E-state index contributed by atoms with van der Waals surface area (Å²) >= 11 is 0. The summed E-state index contributed by atoms with van der Waals surface area (Å²) in [6, 6.07) is 2.74. The van der Waals surface area contributed by atoms with E-state index in [1.54, 1.807) is 11.1 Å². The van der Waals surface area contributed by atoms with Crippen LogP contribution in [-0.2, 0) is 22.7 Å². The molecule has 2 aromatic heterocycles. The van der Waals surface area contributed by atoms with Gasteiger partial charge in [-0.05, 0) is 25.9 Å². The normalized spacial score (nSPS) is 17.3. The van der Waals surface area contributed by atoms with Gasteiger partial charge in [-0.15, -0.1) is 0 Å². The number of aromatic nitrogens is 2. The van der Waals surface area contributed by atoms with Crippen LogP contribution >= 0.6 is 0 Å². The van der Waals surface area contributed by atoms with Crippen molar-refractivity contribution in [3.63, 3.8) is 0 Å². The minimum Gasteiger partial charge on any atom is -0.490 e. The smallest absolute Gasteiger partial charge is 0.255 e. The molecule has 0 bridgehead atoms. The molecule has 4 heterocycles. The number of rotatable bonds is 5. The Morgan fingerprint density at radius 3 is 2.85 bits per heavy atom. The van der Waals surface area contributed by atoms with Gasteiger partial charge in [-0.25, -0.2) is 13.8 Å². The van der Waals surface area contributed by atoms with Crippen molar-refractivity contribution >= 4 is 5.91 Å². The molecule has 0 unspecified atom stereocenters. The third kappa shape index (κ3) is 4.58. The number of nitrogens with zero attached hydrogens (tertiary/aromatic N) is 4. The van der Waals surface area contributed by atoms with Crippen molar-refractivity contribution in [3.8, 4) is 17.7 Å². The molecular weight excluding hydrogens is 436 g/mol. The van der Waals surface area contributed by atoms with E-state index in [2.05, 4.69) is 21.4 Å². The highest BCUT2D eigenvalue weighted by Gasteiger charge is 2.44. The molecule has 1 fully saturated rings. The summed E-state index contributed by atoms with van der Waals surface area (Å²) in [6.45, 7) is 1.44. The van der Waals surface area contributed by atoms with Gasteiger partial charge in [0.15, 0.2) is 5.82 Å². The van der Waals surface area contributed by atoms with Crippen LogP contribution in [0.1, 0.15) is 29.7 Å². The van der Waals surface area contributed by atoms with Crippen LogP contribution in [0, 0.1) is 23.0 Å². The highest BCUT2D eigenvalue weighted by Crippen LogP contribution is 2.32. The number of halogens is 2. The first-order valence-corrected chi connectivity index (χ1v) is 10.5. The largest absolute Gasteiger partial charge is 0.490 e. The Morgan fingerprint density at radius 2 is 2.12 bits per heavy atom. The number of fused-ring (bicyclic) bond motifs is 1. The number of hydrogen-bond donors (Lipinski definition) is 1. The lowest BCUT2D eigenvalue weighted by Crippen LogP contribution is -2.56. The second-order valence-corrected chi connectivity index (χ2v) is 7.80. The van der Waals surface area contributed by atoms with Gasteiger partial charge in [0.05, 0.1) is 26.8 Å². The van der Waals surface area contributed by atoms with Crippen molar-refractivity contribution < 1.29 is 27.8 Å². The Hall–Kier alpha value is -3.36. The lowest BCUT2D eigenvalue weighted by molar-refractivity contribution is -0.166. The number of ether oxygens (including phenoxy) is 3. The van der Waals surface area contributed by atoms with E-state index in [-0.39, 0.29) is 43.8 Å². The number of pyridine rings is 2. The van der Waals surface area contributed by atoms with Gasteiger partial charge in [0.25, 0.3) is 11.8 Å². The van der Waals surface area contributed by atoms with Gasteiger partial charge < -0.3 is 24.4 Å². The van der Waals surface area contributed by atoms with Gasteiger partial charge in [-0.3, -0.25) is 9.78 Å². The molecule has 4 rings (SSSR count). The van der Waals surface area contributed by atoms with Crippen molar-refractivity contribution in [2.24, 2.45) is 0 Å². The summed E-state index contributed by atoms with van der Waals surface area (Å²) in [5, 5.41) is 12.5. The van der Waals surface area contributed by atoms with Gasteiger partial charge in [0, 0.05) is 24.0 Å². The van der Waals surface area contributed by atoms with E-state index in [9.17, 15) is 18.8 Å². The molecule has 1 saturated heterocycles. The van der Waals surface area contributed by atoms with Crippen molar-refractivity contribution in [1.82, 2.24) is 20.2 Å². The molecule has 2 aliphatic rings. The Kier molecular flexibility index (Phi) is 6.67. The summed E-state index contributed by atoms with van der Waals surface area (Å²) in [5.41, 5.74) is -0.432. The minimum atomic E-state index is -1.22. The molecule has 1 N–H and O–H groups in total. The zero-order valence-corrected chi connectivity index (χ0v) is 18.1. The number of piperidine rings is 1. The molecule has 2 aromatic rings. The fraction of sp³-hybridized carbons (Fsp3) is 0.455. The average Bonchev–Trinajstić information content (AvgIpc) is 3.06. The summed E-state index contributed by atoms with van der Waals surface area (Å²) < 4.78 is 44.6. The monoisotopic (exact) mass is 459 g/mol. The van der Waals surface area contributed by atoms with Crippen LogP contribution < -0.4 is 14.8 Å². The fourth-order valence-electron chi connectivity index (χ4n) is 4.05. The molecule has 2 aliphatic heterocycles. The zero-order valence-electron chi connectivity index (χ0n) is 18.1. The molecule has 0 aromatic carbocycles. The van der Waals surface area contributed by atoms with E-state index < -0.39 is 17.2 Å². The second-order valence-electron chi connectivity index (χ2n) is 7.80. The van der Waals surface area contributed by atoms with Crippen LogP contribution in [0.4, 0.5) is 8.78 Å². The van der Waals surface area contributed by atoms with Crippen LogP contribution in [-0.4, -0.2) is 59.7 Å². The molecule has 0 spiro atoms. The first kappa shape index (κ1) is 22.8. The number of hydrogen-bond acceptors (Lipinski definition) is 8. The van der Waals surface area contributed by atoms with Crippen LogP contribution in [0.3, 0.4) is 0 Å². The maximum atomic E-state index is 14.3. The molecule has 9 nitrogen and oxygen atoms in total. The highest BCUT2D eigenvalue weighted by atomic mass is 19.1. The lowest BCUT2D eigenvalue weighted by Gasteiger charge is -2.39. The number of carbonyl (C=O) groups excluding carboxylic acids is 1. The molecule has 0 radical (unpaired) electrons. The fourth-order valence-corrected chi connectivity index (χ4v) is 4.05. The van der Waals surface area contributed by atoms with Gasteiger partial charge in [0.2, 0.25) is 0 Å². The van der Waals surface area contributed by atoms with Crippen molar-refractivity contribution in [1.29, 1.82) is 5.26 Å². The third-order valence-electron chi connectivity index (χ3n) is 5.80. The quantitative estimate of drug-likeness (QED) is 0.720. The van der Waals surface area contributed by atoms with Crippen LogP contribution in [0.2, 0.25) is 0 Å². The molecule has 1 amide bonds. The van der Waals surface area contributed by atoms with Gasteiger partial charge >= 0.3 is 0 Å². The maximum absolute atomic E-state index is 14.3. The van der Waals surface area contributed by atoms with E-state index in [0.29, 0.717) is 48.9 Å². The summed E-state index contributed by atoms with van der Waals surface area (Å²) in [6.07, 6.45) is 3.73. The number of nitriles is 1. The molecule has 33 heavy (non-hydrogen) atoms. The van der Waals surface area contributed by atoms with Crippen molar-refractivity contribution in [3.05, 3.63) is 46.9 Å². The van der Waals surface area contributed by atoms with E-state index >= 15 is 0 Å². The third-order valence-corrected chi connectivity index (χ3v) is 5.80.